The van der Waals surface area contributed by atoms with E-state index in [1.165, 1.54) is 30.5 Å². The first-order valence-corrected chi connectivity index (χ1v) is 6.94. The molecule has 1 aliphatic heterocycles. The van der Waals surface area contributed by atoms with Crippen LogP contribution in [0.3, 0.4) is 0 Å². The Morgan fingerprint density at radius 1 is 1.39 bits per heavy atom. The fourth-order valence-corrected chi connectivity index (χ4v) is 3.94. The van der Waals surface area contributed by atoms with E-state index >= 15 is 0 Å². The van der Waals surface area contributed by atoms with Gasteiger partial charge in [-0.25, -0.2) is 0 Å². The van der Waals surface area contributed by atoms with Crippen LogP contribution >= 0.6 is 0 Å². The Morgan fingerprint density at radius 3 is 2.89 bits per heavy atom. The topological polar surface area (TPSA) is 12.5 Å². The minimum Gasteiger partial charge on any atom is -0.497 e. The molecule has 0 N–H and O–H groups in total. The van der Waals surface area contributed by atoms with E-state index < -0.39 is 0 Å². The van der Waals surface area contributed by atoms with Crippen molar-refractivity contribution < 1.29 is 4.74 Å². The Kier molecular flexibility index (Phi) is 2.67. The van der Waals surface area contributed by atoms with E-state index in [9.17, 15) is 0 Å². The van der Waals surface area contributed by atoms with Crippen molar-refractivity contribution in [1.29, 1.82) is 0 Å². The molecule has 2 nitrogen and oxygen atoms in total. The van der Waals surface area contributed by atoms with Crippen molar-refractivity contribution in [2.75, 3.05) is 20.7 Å². The smallest absolute Gasteiger partial charge is 0.119 e. The molecule has 2 aliphatic rings. The number of hydrogen-bond acceptors (Lipinski definition) is 2. The molecule has 3 atom stereocenters. The van der Waals surface area contributed by atoms with Crippen LogP contribution in [0, 0.1) is 5.92 Å². The zero-order chi connectivity index (χ0) is 12.9. The molecular weight excluding hydrogens is 222 g/mol. The summed E-state index contributed by atoms with van der Waals surface area (Å²) >= 11 is 0. The summed E-state index contributed by atoms with van der Waals surface area (Å²) in [5, 5.41) is 0. The number of rotatable bonds is 1. The van der Waals surface area contributed by atoms with E-state index in [0.717, 1.165) is 11.7 Å². The van der Waals surface area contributed by atoms with Crippen molar-refractivity contribution >= 4 is 0 Å². The Morgan fingerprint density at radius 2 is 2.17 bits per heavy atom. The van der Waals surface area contributed by atoms with Gasteiger partial charge in [-0.1, -0.05) is 19.9 Å². The van der Waals surface area contributed by atoms with Crippen LogP contribution in [0.2, 0.25) is 0 Å². The number of ether oxygens (including phenoxy) is 1. The maximum Gasteiger partial charge on any atom is 0.119 e. The van der Waals surface area contributed by atoms with Gasteiger partial charge < -0.3 is 9.64 Å². The second-order valence-electron chi connectivity index (χ2n) is 6.23. The van der Waals surface area contributed by atoms with Gasteiger partial charge in [0.2, 0.25) is 0 Å². The van der Waals surface area contributed by atoms with E-state index in [1.54, 1.807) is 7.11 Å². The predicted octanol–water partition coefficient (Wildman–Crippen LogP) is 2.85. The van der Waals surface area contributed by atoms with Crippen molar-refractivity contribution in [2.45, 2.75) is 38.1 Å². The van der Waals surface area contributed by atoms with Crippen molar-refractivity contribution in [3.63, 3.8) is 0 Å². The highest BCUT2D eigenvalue weighted by Crippen LogP contribution is 2.48. The van der Waals surface area contributed by atoms with Gasteiger partial charge in [-0.15, -0.1) is 0 Å². The molecule has 98 valence electrons. The minimum absolute atomic E-state index is 0.319. The van der Waals surface area contributed by atoms with Crippen LogP contribution in [0.4, 0.5) is 0 Å². The number of fused-ring (bicyclic) bond motifs is 4. The van der Waals surface area contributed by atoms with Gasteiger partial charge in [0.25, 0.3) is 0 Å². The third-order valence-electron chi connectivity index (χ3n) is 5.49. The maximum absolute atomic E-state index is 5.41. The Bertz CT molecular complexity index is 470. The number of nitrogens with zero attached hydrogens (tertiary/aromatic N) is 1. The van der Waals surface area contributed by atoms with Crippen LogP contribution in [-0.4, -0.2) is 31.6 Å². The SMILES string of the molecule is COc1ccc2c(c1)[C@@]1(C)CCN(C)C(C2)[C@@H]1C. The van der Waals surface area contributed by atoms with Gasteiger partial charge in [0.1, 0.15) is 5.75 Å². The second-order valence-corrected chi connectivity index (χ2v) is 6.23. The Hall–Kier alpha value is -1.02. The maximum atomic E-state index is 5.41. The lowest BCUT2D eigenvalue weighted by atomic mass is 9.59. The molecule has 1 unspecified atom stereocenters. The molecule has 1 aliphatic carbocycles. The van der Waals surface area contributed by atoms with Crippen LogP contribution in [0.5, 0.6) is 5.75 Å². The molecule has 0 amide bonds. The van der Waals surface area contributed by atoms with Gasteiger partial charge in [0.05, 0.1) is 7.11 Å². The van der Waals surface area contributed by atoms with Gasteiger partial charge in [-0.3, -0.25) is 0 Å². The largest absolute Gasteiger partial charge is 0.497 e. The quantitative estimate of drug-likeness (QED) is 0.754. The van der Waals surface area contributed by atoms with Crippen LogP contribution in [0.25, 0.3) is 0 Å². The number of methoxy groups -OCH3 is 1. The van der Waals surface area contributed by atoms with E-state index in [4.69, 9.17) is 4.74 Å². The molecule has 2 heteroatoms. The fourth-order valence-electron chi connectivity index (χ4n) is 3.94. The number of piperidine rings is 1. The first-order chi connectivity index (χ1) is 8.56. The summed E-state index contributed by atoms with van der Waals surface area (Å²) in [7, 11) is 4.03. The molecule has 18 heavy (non-hydrogen) atoms. The normalized spacial score (nSPS) is 35.1. The van der Waals surface area contributed by atoms with E-state index in [-0.39, 0.29) is 0 Å². The van der Waals surface area contributed by atoms with Gasteiger partial charge >= 0.3 is 0 Å². The molecule has 1 fully saturated rings. The van der Waals surface area contributed by atoms with Crippen molar-refractivity contribution in [2.24, 2.45) is 5.92 Å². The lowest BCUT2D eigenvalue weighted by molar-refractivity contribution is 0.0506. The number of hydrogen-bond donors (Lipinski definition) is 0. The third kappa shape index (κ3) is 1.51. The molecule has 0 radical (unpaired) electrons. The van der Waals surface area contributed by atoms with E-state index in [2.05, 4.69) is 44.0 Å². The summed E-state index contributed by atoms with van der Waals surface area (Å²) < 4.78 is 5.41. The average molecular weight is 245 g/mol. The van der Waals surface area contributed by atoms with Gasteiger partial charge in [0, 0.05) is 6.04 Å². The molecule has 1 saturated heterocycles. The molecular formula is C16H23NO. The standard InChI is InChI=1S/C16H23NO/c1-11-15-9-12-5-6-13(18-4)10-14(12)16(11,2)7-8-17(15)3/h5-6,10-11,15H,7-9H2,1-4H3/t11-,15?,16-/m0/s1. The van der Waals surface area contributed by atoms with Crippen LogP contribution in [0.1, 0.15) is 31.4 Å². The Labute approximate surface area is 110 Å². The monoisotopic (exact) mass is 245 g/mol. The summed E-state index contributed by atoms with van der Waals surface area (Å²) in [5.41, 5.74) is 3.37. The lowest BCUT2D eigenvalue weighted by Crippen LogP contribution is -2.56. The number of likely N-dealkylation sites (N-methyl/N-ethyl adjacent to an activating group) is 1. The average Bonchev–Trinajstić information content (AvgIpc) is 2.38. The summed E-state index contributed by atoms with van der Waals surface area (Å²) in [5.74, 6) is 1.72. The highest BCUT2D eigenvalue weighted by molar-refractivity contribution is 5.44. The molecule has 3 rings (SSSR count). The van der Waals surface area contributed by atoms with Crippen molar-refractivity contribution in [1.82, 2.24) is 4.90 Å². The Balaban J connectivity index is 2.13. The van der Waals surface area contributed by atoms with Gasteiger partial charge in [-0.2, -0.15) is 0 Å². The van der Waals surface area contributed by atoms with Crippen LogP contribution < -0.4 is 4.74 Å². The predicted molar refractivity (Wildman–Crippen MR) is 74.2 cm³/mol. The van der Waals surface area contributed by atoms with Crippen LogP contribution in [0.15, 0.2) is 18.2 Å². The molecule has 1 aromatic carbocycles. The first-order valence-electron chi connectivity index (χ1n) is 6.94. The molecule has 2 bridgehead atoms. The molecule has 0 aromatic heterocycles. The minimum atomic E-state index is 0.319. The highest BCUT2D eigenvalue weighted by atomic mass is 16.5. The summed E-state index contributed by atoms with van der Waals surface area (Å²) in [6, 6.07) is 7.34. The summed E-state index contributed by atoms with van der Waals surface area (Å²) in [6.07, 6.45) is 2.44. The molecule has 1 heterocycles. The van der Waals surface area contributed by atoms with E-state index in [0.29, 0.717) is 11.5 Å². The van der Waals surface area contributed by atoms with Gasteiger partial charge in [-0.05, 0) is 61.0 Å². The van der Waals surface area contributed by atoms with E-state index in [1.807, 2.05) is 0 Å². The highest BCUT2D eigenvalue weighted by Gasteiger charge is 2.47. The molecule has 0 saturated carbocycles. The zero-order valence-electron chi connectivity index (χ0n) is 11.9. The fraction of sp³-hybridized carbons (Fsp3) is 0.625. The number of likely N-dealkylation sites (tertiary alicyclic amines) is 1. The van der Waals surface area contributed by atoms with Crippen LogP contribution in [-0.2, 0) is 11.8 Å². The van der Waals surface area contributed by atoms with Gasteiger partial charge in [0.15, 0.2) is 0 Å². The second kappa shape index (κ2) is 3.99. The molecule has 1 aromatic rings. The summed E-state index contributed by atoms with van der Waals surface area (Å²) in [6.45, 7) is 6.07. The first kappa shape index (κ1) is 12.0. The third-order valence-corrected chi connectivity index (χ3v) is 5.49. The molecule has 0 spiro atoms. The zero-order valence-corrected chi connectivity index (χ0v) is 11.9. The lowest BCUT2D eigenvalue weighted by Gasteiger charge is -2.53. The van der Waals surface area contributed by atoms with Crippen molar-refractivity contribution in [3.8, 4) is 5.75 Å². The van der Waals surface area contributed by atoms with Crippen molar-refractivity contribution in [3.05, 3.63) is 29.3 Å². The summed E-state index contributed by atoms with van der Waals surface area (Å²) in [4.78, 5) is 2.54. The number of benzene rings is 1.